The molecule has 0 spiro atoms. The molecule has 0 radical (unpaired) electrons. The van der Waals surface area contributed by atoms with Gasteiger partial charge in [0.15, 0.2) is 6.29 Å². The van der Waals surface area contributed by atoms with Crippen LogP contribution in [0.3, 0.4) is 0 Å². The van der Waals surface area contributed by atoms with E-state index in [1.54, 1.807) is 12.4 Å². The average Bonchev–Trinajstić information content (AvgIpc) is 2.76. The van der Waals surface area contributed by atoms with Crippen LogP contribution in [0.2, 0.25) is 0 Å². The molecule has 0 aliphatic carbocycles. The third-order valence-corrected chi connectivity index (χ3v) is 2.26. The van der Waals surface area contributed by atoms with Crippen molar-refractivity contribution in [3.63, 3.8) is 0 Å². The SMILES string of the molecule is O=Cc1cnn(C[C@@H]2CCOC2)c1. The Hall–Kier alpha value is -1.16. The van der Waals surface area contributed by atoms with Crippen LogP contribution < -0.4 is 0 Å². The number of aromatic nitrogens is 2. The molecule has 13 heavy (non-hydrogen) atoms. The molecule has 4 heteroatoms. The van der Waals surface area contributed by atoms with Gasteiger partial charge in [-0.3, -0.25) is 9.48 Å². The van der Waals surface area contributed by atoms with Crippen molar-refractivity contribution in [1.82, 2.24) is 9.78 Å². The number of rotatable bonds is 3. The summed E-state index contributed by atoms with van der Waals surface area (Å²) in [6.07, 6.45) is 5.26. The highest BCUT2D eigenvalue weighted by atomic mass is 16.5. The number of hydrogen-bond acceptors (Lipinski definition) is 3. The van der Waals surface area contributed by atoms with Crippen LogP contribution in [0, 0.1) is 5.92 Å². The standard InChI is InChI=1S/C9H12N2O2/c12-6-9-3-10-11(5-9)4-8-1-2-13-7-8/h3,5-6,8H,1-2,4,7H2/t8-/m0/s1. The summed E-state index contributed by atoms with van der Waals surface area (Å²) in [7, 11) is 0. The first-order valence-electron chi connectivity index (χ1n) is 4.44. The van der Waals surface area contributed by atoms with E-state index in [1.807, 2.05) is 4.68 Å². The second-order valence-corrected chi connectivity index (χ2v) is 3.34. The van der Waals surface area contributed by atoms with Crippen molar-refractivity contribution in [3.8, 4) is 0 Å². The molecule has 2 heterocycles. The summed E-state index contributed by atoms with van der Waals surface area (Å²) in [4.78, 5) is 10.4. The van der Waals surface area contributed by atoms with E-state index in [1.165, 1.54) is 0 Å². The van der Waals surface area contributed by atoms with Gasteiger partial charge in [0, 0.05) is 25.3 Å². The molecule has 0 amide bonds. The van der Waals surface area contributed by atoms with Crippen LogP contribution in [0.15, 0.2) is 12.4 Å². The van der Waals surface area contributed by atoms with E-state index in [0.717, 1.165) is 32.5 Å². The molecule has 4 nitrogen and oxygen atoms in total. The van der Waals surface area contributed by atoms with Crippen molar-refractivity contribution in [2.45, 2.75) is 13.0 Å². The molecule has 1 aromatic rings. The lowest BCUT2D eigenvalue weighted by atomic mass is 10.1. The van der Waals surface area contributed by atoms with E-state index in [9.17, 15) is 4.79 Å². The second-order valence-electron chi connectivity index (χ2n) is 3.34. The zero-order chi connectivity index (χ0) is 9.10. The molecule has 0 aromatic carbocycles. The predicted molar refractivity (Wildman–Crippen MR) is 46.5 cm³/mol. The van der Waals surface area contributed by atoms with Gasteiger partial charge >= 0.3 is 0 Å². The summed E-state index contributed by atoms with van der Waals surface area (Å²) in [6.45, 7) is 2.52. The first kappa shape index (κ1) is 8.44. The summed E-state index contributed by atoms with van der Waals surface area (Å²) in [6, 6.07) is 0. The van der Waals surface area contributed by atoms with Gasteiger partial charge in [-0.25, -0.2) is 0 Å². The molecule has 0 bridgehead atoms. The molecule has 1 fully saturated rings. The van der Waals surface area contributed by atoms with Gasteiger partial charge in [-0.15, -0.1) is 0 Å². The summed E-state index contributed by atoms with van der Waals surface area (Å²) in [5.74, 6) is 0.555. The quantitative estimate of drug-likeness (QED) is 0.644. The number of hydrogen-bond donors (Lipinski definition) is 0. The van der Waals surface area contributed by atoms with E-state index < -0.39 is 0 Å². The maximum Gasteiger partial charge on any atom is 0.153 e. The van der Waals surface area contributed by atoms with Crippen molar-refractivity contribution in [3.05, 3.63) is 18.0 Å². The summed E-state index contributed by atoms with van der Waals surface area (Å²) in [5.41, 5.74) is 0.638. The maximum atomic E-state index is 10.4. The lowest BCUT2D eigenvalue weighted by molar-refractivity contribution is 0.112. The molecule has 1 aromatic heterocycles. The Morgan fingerprint density at radius 2 is 2.69 bits per heavy atom. The molecule has 1 atom stereocenters. The largest absolute Gasteiger partial charge is 0.381 e. The van der Waals surface area contributed by atoms with E-state index in [-0.39, 0.29) is 0 Å². The van der Waals surface area contributed by atoms with Gasteiger partial charge in [0.05, 0.1) is 18.4 Å². The van der Waals surface area contributed by atoms with Crippen molar-refractivity contribution in [2.75, 3.05) is 13.2 Å². The molecule has 1 aliphatic rings. The zero-order valence-corrected chi connectivity index (χ0v) is 7.35. The predicted octanol–water partition coefficient (Wildman–Crippen LogP) is 0.732. The van der Waals surface area contributed by atoms with Gasteiger partial charge in [-0.1, -0.05) is 0 Å². The lowest BCUT2D eigenvalue weighted by Crippen LogP contribution is -2.10. The summed E-state index contributed by atoms with van der Waals surface area (Å²) < 4.78 is 7.06. The van der Waals surface area contributed by atoms with E-state index >= 15 is 0 Å². The van der Waals surface area contributed by atoms with Crippen LogP contribution in [-0.2, 0) is 11.3 Å². The molecular weight excluding hydrogens is 168 g/mol. The molecule has 1 saturated heterocycles. The van der Waals surface area contributed by atoms with Gasteiger partial charge in [-0.05, 0) is 6.42 Å². The third kappa shape index (κ3) is 1.95. The molecule has 0 saturated carbocycles. The number of carbonyl (C=O) groups is 1. The van der Waals surface area contributed by atoms with Crippen LogP contribution in [0.5, 0.6) is 0 Å². The van der Waals surface area contributed by atoms with E-state index in [2.05, 4.69) is 5.10 Å². The monoisotopic (exact) mass is 180 g/mol. The minimum atomic E-state index is 0.555. The molecular formula is C9H12N2O2. The second kappa shape index (κ2) is 3.70. The lowest BCUT2D eigenvalue weighted by Gasteiger charge is -2.06. The highest BCUT2D eigenvalue weighted by Crippen LogP contribution is 2.14. The van der Waals surface area contributed by atoms with Gasteiger partial charge in [0.2, 0.25) is 0 Å². The highest BCUT2D eigenvalue weighted by Gasteiger charge is 2.16. The van der Waals surface area contributed by atoms with Crippen LogP contribution >= 0.6 is 0 Å². The van der Waals surface area contributed by atoms with Gasteiger partial charge in [0.1, 0.15) is 0 Å². The average molecular weight is 180 g/mol. The minimum Gasteiger partial charge on any atom is -0.381 e. The Morgan fingerprint density at radius 3 is 3.31 bits per heavy atom. The number of ether oxygens (including phenoxy) is 1. The number of aldehydes is 1. The smallest absolute Gasteiger partial charge is 0.153 e. The maximum absolute atomic E-state index is 10.4. The normalized spacial score (nSPS) is 22.0. The van der Waals surface area contributed by atoms with Crippen LogP contribution in [-0.4, -0.2) is 29.3 Å². The first-order chi connectivity index (χ1) is 6.38. The number of carbonyl (C=O) groups excluding carboxylic acids is 1. The summed E-state index contributed by atoms with van der Waals surface area (Å²) >= 11 is 0. The van der Waals surface area contributed by atoms with Crippen molar-refractivity contribution >= 4 is 6.29 Å². The van der Waals surface area contributed by atoms with Gasteiger partial charge < -0.3 is 4.74 Å². The Balaban J connectivity index is 1.96. The van der Waals surface area contributed by atoms with Crippen molar-refractivity contribution < 1.29 is 9.53 Å². The Morgan fingerprint density at radius 1 is 1.77 bits per heavy atom. The molecule has 70 valence electrons. The first-order valence-corrected chi connectivity index (χ1v) is 4.44. The van der Waals surface area contributed by atoms with Crippen molar-refractivity contribution in [2.24, 2.45) is 5.92 Å². The molecule has 2 rings (SSSR count). The topological polar surface area (TPSA) is 44.1 Å². The van der Waals surface area contributed by atoms with Gasteiger partial charge in [-0.2, -0.15) is 5.10 Å². The molecule has 0 unspecified atom stereocenters. The van der Waals surface area contributed by atoms with Crippen molar-refractivity contribution in [1.29, 1.82) is 0 Å². The van der Waals surface area contributed by atoms with Gasteiger partial charge in [0.25, 0.3) is 0 Å². The van der Waals surface area contributed by atoms with Crippen LogP contribution in [0.25, 0.3) is 0 Å². The van der Waals surface area contributed by atoms with E-state index in [4.69, 9.17) is 4.74 Å². The Bertz CT molecular complexity index is 290. The zero-order valence-electron chi connectivity index (χ0n) is 7.35. The van der Waals surface area contributed by atoms with Crippen LogP contribution in [0.4, 0.5) is 0 Å². The minimum absolute atomic E-state index is 0.555. The fourth-order valence-electron chi connectivity index (χ4n) is 1.53. The Kier molecular flexibility index (Phi) is 2.40. The van der Waals surface area contributed by atoms with E-state index in [0.29, 0.717) is 11.5 Å². The fraction of sp³-hybridized carbons (Fsp3) is 0.556. The third-order valence-electron chi connectivity index (χ3n) is 2.26. The Labute approximate surface area is 76.5 Å². The molecule has 0 N–H and O–H groups in total. The van der Waals surface area contributed by atoms with Crippen LogP contribution in [0.1, 0.15) is 16.8 Å². The highest BCUT2D eigenvalue weighted by molar-refractivity contribution is 5.73. The summed E-state index contributed by atoms with van der Waals surface area (Å²) in [5, 5.41) is 4.08. The number of nitrogens with zero attached hydrogens (tertiary/aromatic N) is 2. The fourth-order valence-corrected chi connectivity index (χ4v) is 1.53. The molecule has 1 aliphatic heterocycles.